The summed E-state index contributed by atoms with van der Waals surface area (Å²) in [7, 11) is 1.81. The minimum Gasteiger partial charge on any atom is -0.508 e. The van der Waals surface area contributed by atoms with Crippen LogP contribution in [0.4, 0.5) is 0 Å². The molecule has 0 aliphatic heterocycles. The van der Waals surface area contributed by atoms with Gasteiger partial charge in [0.1, 0.15) is 5.75 Å². The highest BCUT2D eigenvalue weighted by Crippen LogP contribution is 2.26. The number of halogens is 1. The first-order valence-electron chi connectivity index (χ1n) is 5.96. The summed E-state index contributed by atoms with van der Waals surface area (Å²) >= 11 is 6.01. The molecule has 1 amide bonds. The van der Waals surface area contributed by atoms with Crippen molar-refractivity contribution in [1.29, 1.82) is 0 Å². The molecule has 5 heteroatoms. The second-order valence-corrected chi connectivity index (χ2v) is 4.67. The zero-order chi connectivity index (χ0) is 13.5. The van der Waals surface area contributed by atoms with Gasteiger partial charge in [-0.25, -0.2) is 0 Å². The molecular formula is C13H19ClN2O2. The van der Waals surface area contributed by atoms with Crippen molar-refractivity contribution in [3.05, 3.63) is 28.8 Å². The predicted molar refractivity (Wildman–Crippen MR) is 72.8 cm³/mol. The van der Waals surface area contributed by atoms with Gasteiger partial charge in [-0.3, -0.25) is 9.69 Å². The molecule has 0 atom stereocenters. The Balaban J connectivity index is 2.54. The predicted octanol–water partition coefficient (Wildman–Crippen LogP) is 2.00. The molecule has 4 nitrogen and oxygen atoms in total. The van der Waals surface area contributed by atoms with Crippen LogP contribution >= 0.6 is 11.6 Å². The van der Waals surface area contributed by atoms with E-state index < -0.39 is 0 Å². The van der Waals surface area contributed by atoms with Crippen LogP contribution in [0.2, 0.25) is 5.02 Å². The van der Waals surface area contributed by atoms with Gasteiger partial charge < -0.3 is 10.4 Å². The normalized spacial score (nSPS) is 10.7. The van der Waals surface area contributed by atoms with Crippen LogP contribution in [-0.2, 0) is 11.3 Å². The third-order valence-corrected chi connectivity index (χ3v) is 2.86. The molecule has 0 aliphatic carbocycles. The van der Waals surface area contributed by atoms with E-state index >= 15 is 0 Å². The molecule has 0 aliphatic rings. The number of carbonyl (C=O) groups is 1. The van der Waals surface area contributed by atoms with Crippen LogP contribution in [0.3, 0.4) is 0 Å². The number of phenolic OH excluding ortho intramolecular Hbond substituents is 1. The highest BCUT2D eigenvalue weighted by Gasteiger charge is 2.11. The van der Waals surface area contributed by atoms with Crippen LogP contribution < -0.4 is 5.32 Å². The number of hydrogen-bond donors (Lipinski definition) is 2. The first-order valence-corrected chi connectivity index (χ1v) is 6.34. The van der Waals surface area contributed by atoms with Crippen molar-refractivity contribution in [1.82, 2.24) is 10.2 Å². The zero-order valence-electron chi connectivity index (χ0n) is 10.7. The fourth-order valence-electron chi connectivity index (χ4n) is 1.60. The van der Waals surface area contributed by atoms with Crippen molar-refractivity contribution in [2.24, 2.45) is 0 Å². The summed E-state index contributed by atoms with van der Waals surface area (Å²) in [5, 5.41) is 13.0. The maximum atomic E-state index is 11.5. The highest BCUT2D eigenvalue weighted by molar-refractivity contribution is 6.31. The Morgan fingerprint density at radius 2 is 2.22 bits per heavy atom. The number of hydrogen-bond acceptors (Lipinski definition) is 3. The van der Waals surface area contributed by atoms with Gasteiger partial charge in [-0.1, -0.05) is 24.6 Å². The Morgan fingerprint density at radius 1 is 1.50 bits per heavy atom. The van der Waals surface area contributed by atoms with Gasteiger partial charge in [0.25, 0.3) is 0 Å². The summed E-state index contributed by atoms with van der Waals surface area (Å²) in [6.07, 6.45) is 0.917. The van der Waals surface area contributed by atoms with E-state index in [1.807, 2.05) is 18.9 Å². The summed E-state index contributed by atoms with van der Waals surface area (Å²) in [6.45, 7) is 3.41. The van der Waals surface area contributed by atoms with Gasteiger partial charge in [0.15, 0.2) is 0 Å². The lowest BCUT2D eigenvalue weighted by Crippen LogP contribution is -2.35. The quantitative estimate of drug-likeness (QED) is 0.831. The molecule has 100 valence electrons. The second-order valence-electron chi connectivity index (χ2n) is 4.26. The zero-order valence-corrected chi connectivity index (χ0v) is 11.5. The molecule has 0 saturated carbocycles. The number of amides is 1. The molecule has 1 aromatic rings. The van der Waals surface area contributed by atoms with Crippen LogP contribution in [0, 0.1) is 0 Å². The van der Waals surface area contributed by atoms with Crippen LogP contribution in [-0.4, -0.2) is 36.1 Å². The van der Waals surface area contributed by atoms with E-state index in [4.69, 9.17) is 11.6 Å². The number of benzene rings is 1. The summed E-state index contributed by atoms with van der Waals surface area (Å²) in [4.78, 5) is 13.3. The molecule has 0 saturated heterocycles. The van der Waals surface area contributed by atoms with E-state index in [0.717, 1.165) is 6.42 Å². The molecule has 0 spiro atoms. The molecule has 0 bridgehead atoms. The molecular weight excluding hydrogens is 252 g/mol. The van der Waals surface area contributed by atoms with Gasteiger partial charge in [0, 0.05) is 23.7 Å². The van der Waals surface area contributed by atoms with E-state index in [-0.39, 0.29) is 18.2 Å². The molecule has 1 rings (SSSR count). The fourth-order valence-corrected chi connectivity index (χ4v) is 1.82. The summed E-state index contributed by atoms with van der Waals surface area (Å²) in [5.41, 5.74) is 0.643. The van der Waals surface area contributed by atoms with Crippen LogP contribution in [0.1, 0.15) is 18.9 Å². The van der Waals surface area contributed by atoms with E-state index in [1.165, 1.54) is 0 Å². The first kappa shape index (κ1) is 14.8. The average molecular weight is 271 g/mol. The lowest BCUT2D eigenvalue weighted by molar-refractivity contribution is -0.122. The number of likely N-dealkylation sites (N-methyl/N-ethyl adjacent to an activating group) is 1. The van der Waals surface area contributed by atoms with Gasteiger partial charge in [-0.15, -0.1) is 0 Å². The topological polar surface area (TPSA) is 52.6 Å². The van der Waals surface area contributed by atoms with E-state index in [9.17, 15) is 9.90 Å². The van der Waals surface area contributed by atoms with Gasteiger partial charge >= 0.3 is 0 Å². The maximum Gasteiger partial charge on any atom is 0.234 e. The number of rotatable bonds is 6. The van der Waals surface area contributed by atoms with Crippen molar-refractivity contribution < 1.29 is 9.90 Å². The smallest absolute Gasteiger partial charge is 0.234 e. The minimum absolute atomic E-state index is 0.0223. The lowest BCUT2D eigenvalue weighted by atomic mass is 10.2. The fraction of sp³-hybridized carbons (Fsp3) is 0.462. The van der Waals surface area contributed by atoms with Gasteiger partial charge in [0.2, 0.25) is 5.91 Å². The van der Waals surface area contributed by atoms with Gasteiger partial charge in [-0.05, 0) is 25.6 Å². The molecule has 0 fully saturated rings. The first-order chi connectivity index (χ1) is 8.54. The van der Waals surface area contributed by atoms with E-state index in [1.54, 1.807) is 18.2 Å². The minimum atomic E-state index is -0.0223. The monoisotopic (exact) mass is 270 g/mol. The molecule has 0 radical (unpaired) electrons. The Bertz CT molecular complexity index is 390. The Hall–Kier alpha value is -1.26. The summed E-state index contributed by atoms with van der Waals surface area (Å²) < 4.78 is 0. The molecule has 0 heterocycles. The van der Waals surface area contributed by atoms with Crippen molar-refractivity contribution in [2.45, 2.75) is 19.9 Å². The van der Waals surface area contributed by atoms with Crippen molar-refractivity contribution in [3.8, 4) is 5.75 Å². The van der Waals surface area contributed by atoms with Crippen molar-refractivity contribution >= 4 is 17.5 Å². The molecule has 0 aromatic heterocycles. The maximum absolute atomic E-state index is 11.5. The number of nitrogens with one attached hydrogen (secondary N) is 1. The third kappa shape index (κ3) is 4.55. The Morgan fingerprint density at radius 3 is 2.83 bits per heavy atom. The van der Waals surface area contributed by atoms with Crippen molar-refractivity contribution in [2.75, 3.05) is 20.1 Å². The SMILES string of the molecule is CCCNC(=O)CN(C)Cc1c(O)cccc1Cl. The van der Waals surface area contributed by atoms with Crippen LogP contribution in [0.25, 0.3) is 0 Å². The standard InChI is InChI=1S/C13H19ClN2O2/c1-3-7-15-13(18)9-16(2)8-10-11(14)5-4-6-12(10)17/h4-6,17H,3,7-9H2,1-2H3,(H,15,18). The second kappa shape index (κ2) is 7.24. The number of phenols is 1. The van der Waals surface area contributed by atoms with Crippen molar-refractivity contribution in [3.63, 3.8) is 0 Å². The number of aromatic hydroxyl groups is 1. The summed E-state index contributed by atoms with van der Waals surface area (Å²) in [5.74, 6) is 0.134. The molecule has 0 unspecified atom stereocenters. The average Bonchev–Trinajstić information content (AvgIpc) is 2.31. The Kier molecular flexibility index (Phi) is 5.95. The summed E-state index contributed by atoms with van der Waals surface area (Å²) in [6, 6.07) is 5.00. The highest BCUT2D eigenvalue weighted by atomic mass is 35.5. The Labute approximate surface area is 113 Å². The van der Waals surface area contributed by atoms with Gasteiger partial charge in [-0.2, -0.15) is 0 Å². The van der Waals surface area contributed by atoms with E-state index in [0.29, 0.717) is 23.7 Å². The van der Waals surface area contributed by atoms with E-state index in [2.05, 4.69) is 5.32 Å². The molecule has 2 N–H and O–H groups in total. The largest absolute Gasteiger partial charge is 0.508 e. The van der Waals surface area contributed by atoms with Crippen LogP contribution in [0.15, 0.2) is 18.2 Å². The number of nitrogens with zero attached hydrogens (tertiary/aromatic N) is 1. The molecule has 18 heavy (non-hydrogen) atoms. The number of carbonyl (C=O) groups excluding carboxylic acids is 1. The molecule has 1 aromatic carbocycles. The lowest BCUT2D eigenvalue weighted by Gasteiger charge is -2.17. The van der Waals surface area contributed by atoms with Gasteiger partial charge in [0.05, 0.1) is 6.54 Å². The van der Waals surface area contributed by atoms with Crippen LogP contribution in [0.5, 0.6) is 5.75 Å². The third-order valence-electron chi connectivity index (χ3n) is 2.51.